The average molecular weight is 391 g/mol. The molecule has 2 fully saturated rings. The molecule has 2 N–H and O–H groups in total. The maximum absolute atomic E-state index is 13.1. The SMILES string of the molecule is C[C@]12CC[C@@H]3c4ccc(O)cc4CC[C@H]3[C@@H]1[C@@H](CCc1ccc(O)cc1)CC2=O. The molecule has 3 heteroatoms. The smallest absolute Gasteiger partial charge is 0.139 e. The summed E-state index contributed by atoms with van der Waals surface area (Å²) < 4.78 is 0. The summed E-state index contributed by atoms with van der Waals surface area (Å²) in [6.45, 7) is 2.24. The summed E-state index contributed by atoms with van der Waals surface area (Å²) in [5.74, 6) is 3.17. The highest BCUT2D eigenvalue weighted by Crippen LogP contribution is 2.62. The second kappa shape index (κ2) is 6.90. The predicted molar refractivity (Wildman–Crippen MR) is 113 cm³/mol. The normalized spacial score (nSPS) is 33.1. The van der Waals surface area contributed by atoms with Crippen LogP contribution in [0.3, 0.4) is 0 Å². The van der Waals surface area contributed by atoms with E-state index in [-0.39, 0.29) is 5.41 Å². The highest BCUT2D eigenvalue weighted by Gasteiger charge is 2.58. The fourth-order valence-corrected chi connectivity index (χ4v) is 6.91. The molecule has 0 bridgehead atoms. The molecule has 152 valence electrons. The van der Waals surface area contributed by atoms with Crippen molar-refractivity contribution in [2.75, 3.05) is 0 Å². The summed E-state index contributed by atoms with van der Waals surface area (Å²) >= 11 is 0. The highest BCUT2D eigenvalue weighted by molar-refractivity contribution is 5.87. The van der Waals surface area contributed by atoms with Crippen LogP contribution in [-0.4, -0.2) is 16.0 Å². The molecule has 0 amide bonds. The van der Waals surface area contributed by atoms with Crippen molar-refractivity contribution in [3.63, 3.8) is 0 Å². The molecule has 0 aliphatic heterocycles. The first kappa shape index (κ1) is 18.7. The summed E-state index contributed by atoms with van der Waals surface area (Å²) in [6, 6.07) is 13.4. The van der Waals surface area contributed by atoms with E-state index in [1.54, 1.807) is 12.1 Å². The number of aromatic hydroxyl groups is 2. The van der Waals surface area contributed by atoms with E-state index in [0.29, 0.717) is 41.0 Å². The van der Waals surface area contributed by atoms with Crippen LogP contribution in [0.1, 0.15) is 61.6 Å². The molecule has 2 aromatic rings. The number of aryl methyl sites for hydroxylation is 2. The highest BCUT2D eigenvalue weighted by atomic mass is 16.3. The van der Waals surface area contributed by atoms with Gasteiger partial charge in [-0.3, -0.25) is 4.79 Å². The fourth-order valence-electron chi connectivity index (χ4n) is 6.91. The predicted octanol–water partition coefficient (Wildman–Crippen LogP) is 5.38. The van der Waals surface area contributed by atoms with Crippen LogP contribution in [-0.2, 0) is 17.6 Å². The molecule has 3 nitrogen and oxygen atoms in total. The summed E-state index contributed by atoms with van der Waals surface area (Å²) in [6.07, 6.45) is 6.96. The maximum Gasteiger partial charge on any atom is 0.139 e. The van der Waals surface area contributed by atoms with Crippen LogP contribution in [0.2, 0.25) is 0 Å². The minimum Gasteiger partial charge on any atom is -0.508 e. The third kappa shape index (κ3) is 3.06. The number of hydrogen-bond donors (Lipinski definition) is 2. The lowest BCUT2D eigenvalue weighted by Gasteiger charge is -2.50. The number of fused-ring (bicyclic) bond motifs is 5. The quantitative estimate of drug-likeness (QED) is 0.739. The van der Waals surface area contributed by atoms with E-state index < -0.39 is 0 Å². The number of phenols is 2. The third-order valence-electron chi connectivity index (χ3n) is 8.29. The molecule has 0 spiro atoms. The molecule has 0 saturated heterocycles. The Morgan fingerprint density at radius 1 is 1.03 bits per heavy atom. The minimum absolute atomic E-state index is 0.158. The Morgan fingerprint density at radius 2 is 1.79 bits per heavy atom. The van der Waals surface area contributed by atoms with Crippen LogP contribution in [0.25, 0.3) is 0 Å². The van der Waals surface area contributed by atoms with Crippen molar-refractivity contribution in [3.8, 4) is 11.5 Å². The van der Waals surface area contributed by atoms with Gasteiger partial charge in [0.05, 0.1) is 0 Å². The molecule has 5 atom stereocenters. The lowest BCUT2D eigenvalue weighted by Crippen LogP contribution is -2.44. The van der Waals surface area contributed by atoms with Gasteiger partial charge in [-0.15, -0.1) is 0 Å². The topological polar surface area (TPSA) is 57.5 Å². The van der Waals surface area contributed by atoms with Gasteiger partial charge in [-0.1, -0.05) is 25.1 Å². The standard InChI is InChI=1S/C26H30O3/c1-26-13-12-22-21-11-9-20(28)14-17(21)6-10-23(22)25(26)18(15-24(26)29)5-2-16-3-7-19(27)8-4-16/h3-4,7-9,11,14,18,22-23,25,27-28H,2,5-6,10,12-13,15H2,1H3/t18-,22+,23+,25-,26+/m0/s1. The van der Waals surface area contributed by atoms with Gasteiger partial charge in [-0.25, -0.2) is 0 Å². The maximum atomic E-state index is 13.1. The molecular weight excluding hydrogens is 360 g/mol. The van der Waals surface area contributed by atoms with E-state index in [1.165, 1.54) is 16.7 Å². The van der Waals surface area contributed by atoms with E-state index in [4.69, 9.17) is 0 Å². The van der Waals surface area contributed by atoms with Crippen LogP contribution >= 0.6 is 0 Å². The number of Topliss-reactive ketones (excluding diaryl/α,β-unsaturated/α-hetero) is 1. The third-order valence-corrected chi connectivity index (χ3v) is 8.29. The van der Waals surface area contributed by atoms with Crippen LogP contribution < -0.4 is 0 Å². The molecule has 0 unspecified atom stereocenters. The lowest BCUT2D eigenvalue weighted by atomic mass is 9.54. The summed E-state index contributed by atoms with van der Waals surface area (Å²) in [7, 11) is 0. The van der Waals surface area contributed by atoms with Crippen LogP contribution in [0.5, 0.6) is 11.5 Å². The first-order chi connectivity index (χ1) is 14.0. The Labute approximate surface area is 172 Å². The molecular formula is C26H30O3. The van der Waals surface area contributed by atoms with Crippen molar-refractivity contribution in [3.05, 3.63) is 59.2 Å². The van der Waals surface area contributed by atoms with E-state index in [9.17, 15) is 15.0 Å². The molecule has 0 heterocycles. The largest absolute Gasteiger partial charge is 0.508 e. The molecule has 3 aliphatic carbocycles. The van der Waals surface area contributed by atoms with Gasteiger partial charge in [0, 0.05) is 11.8 Å². The zero-order chi connectivity index (χ0) is 20.2. The number of phenolic OH excluding ortho intramolecular Hbond substituents is 2. The van der Waals surface area contributed by atoms with Gasteiger partial charge < -0.3 is 10.2 Å². The van der Waals surface area contributed by atoms with Crippen molar-refractivity contribution in [2.45, 2.75) is 57.8 Å². The summed E-state index contributed by atoms with van der Waals surface area (Å²) in [5, 5.41) is 19.4. The van der Waals surface area contributed by atoms with Crippen molar-refractivity contribution < 1.29 is 15.0 Å². The number of carbonyl (C=O) groups is 1. The average Bonchev–Trinajstić information content (AvgIpc) is 2.97. The van der Waals surface area contributed by atoms with Crippen LogP contribution in [0, 0.1) is 23.2 Å². The first-order valence-corrected chi connectivity index (χ1v) is 11.1. The second-order valence-corrected chi connectivity index (χ2v) is 9.77. The first-order valence-electron chi connectivity index (χ1n) is 11.1. The fraction of sp³-hybridized carbons (Fsp3) is 0.500. The zero-order valence-corrected chi connectivity index (χ0v) is 17.1. The van der Waals surface area contributed by atoms with Crippen LogP contribution in [0.15, 0.2) is 42.5 Å². The minimum atomic E-state index is -0.158. The Hall–Kier alpha value is -2.29. The monoisotopic (exact) mass is 390 g/mol. The number of hydrogen-bond acceptors (Lipinski definition) is 3. The number of ketones is 1. The Bertz CT molecular complexity index is 931. The van der Waals surface area contributed by atoms with Gasteiger partial charge >= 0.3 is 0 Å². The number of rotatable bonds is 3. The molecule has 5 rings (SSSR count). The van der Waals surface area contributed by atoms with Gasteiger partial charge in [0.1, 0.15) is 17.3 Å². The van der Waals surface area contributed by atoms with Gasteiger partial charge in [-0.05, 0) is 103 Å². The molecule has 2 aromatic carbocycles. The molecule has 0 aromatic heterocycles. The van der Waals surface area contributed by atoms with Gasteiger partial charge in [-0.2, -0.15) is 0 Å². The molecule has 0 radical (unpaired) electrons. The van der Waals surface area contributed by atoms with E-state index in [1.807, 2.05) is 24.3 Å². The Kier molecular flexibility index (Phi) is 4.45. The van der Waals surface area contributed by atoms with Crippen molar-refractivity contribution in [1.82, 2.24) is 0 Å². The summed E-state index contributed by atoms with van der Waals surface area (Å²) in [4.78, 5) is 13.1. The van der Waals surface area contributed by atoms with E-state index >= 15 is 0 Å². The molecule has 3 aliphatic rings. The number of carbonyl (C=O) groups excluding carboxylic acids is 1. The van der Waals surface area contributed by atoms with Crippen molar-refractivity contribution in [1.29, 1.82) is 0 Å². The van der Waals surface area contributed by atoms with Gasteiger partial charge in [0.25, 0.3) is 0 Å². The van der Waals surface area contributed by atoms with E-state index in [0.717, 1.165) is 44.9 Å². The Morgan fingerprint density at radius 3 is 2.59 bits per heavy atom. The zero-order valence-electron chi connectivity index (χ0n) is 17.1. The van der Waals surface area contributed by atoms with Crippen molar-refractivity contribution >= 4 is 5.78 Å². The summed E-state index contributed by atoms with van der Waals surface area (Å²) in [5.41, 5.74) is 3.80. The van der Waals surface area contributed by atoms with Gasteiger partial charge in [0.2, 0.25) is 0 Å². The van der Waals surface area contributed by atoms with Crippen LogP contribution in [0.4, 0.5) is 0 Å². The van der Waals surface area contributed by atoms with Gasteiger partial charge in [0.15, 0.2) is 0 Å². The number of benzene rings is 2. The van der Waals surface area contributed by atoms with Crippen molar-refractivity contribution in [2.24, 2.45) is 23.2 Å². The Balaban J connectivity index is 1.41. The van der Waals surface area contributed by atoms with E-state index in [2.05, 4.69) is 13.0 Å². The molecule has 29 heavy (non-hydrogen) atoms. The molecule has 2 saturated carbocycles. The second-order valence-electron chi connectivity index (χ2n) is 9.77. The lowest BCUT2D eigenvalue weighted by molar-refractivity contribution is -0.129.